The third kappa shape index (κ3) is 2.62. The highest BCUT2D eigenvalue weighted by molar-refractivity contribution is 7.09. The number of aryl methyl sites for hydroxylation is 1. The molecule has 0 fully saturated rings. The van der Waals surface area contributed by atoms with Gasteiger partial charge < -0.3 is 10.4 Å². The smallest absolute Gasteiger partial charge is 0.331 e. The zero-order valence-corrected chi connectivity index (χ0v) is 10.1. The lowest BCUT2D eigenvalue weighted by molar-refractivity contribution is -0.138. The fraction of sp³-hybridized carbons (Fsp3) is 0.167. The topological polar surface area (TPSA) is 62.2 Å². The van der Waals surface area contributed by atoms with Gasteiger partial charge in [-0.2, -0.15) is 0 Å². The van der Waals surface area contributed by atoms with Gasteiger partial charge in [0.2, 0.25) is 0 Å². The van der Waals surface area contributed by atoms with Crippen LogP contribution in [-0.2, 0) is 4.79 Å². The van der Waals surface area contributed by atoms with Gasteiger partial charge in [-0.15, -0.1) is 11.3 Å². The van der Waals surface area contributed by atoms with Crippen molar-refractivity contribution in [1.82, 2.24) is 4.98 Å². The molecule has 1 unspecified atom stereocenters. The van der Waals surface area contributed by atoms with Crippen LogP contribution in [0.1, 0.15) is 16.5 Å². The molecule has 0 bridgehead atoms. The number of nitrogens with zero attached hydrogens (tertiary/aromatic N) is 1. The van der Waals surface area contributed by atoms with Crippen LogP contribution >= 0.6 is 11.3 Å². The minimum absolute atomic E-state index is 0.695. The van der Waals surface area contributed by atoms with Gasteiger partial charge in [0.15, 0.2) is 6.04 Å². The summed E-state index contributed by atoms with van der Waals surface area (Å²) >= 11 is 1.33. The molecule has 1 aromatic carbocycles. The van der Waals surface area contributed by atoms with Gasteiger partial charge in [0, 0.05) is 11.9 Å². The number of hydrogen-bond acceptors (Lipinski definition) is 4. The Morgan fingerprint density at radius 1 is 1.47 bits per heavy atom. The number of carboxylic acids is 1. The van der Waals surface area contributed by atoms with Crippen LogP contribution in [0.4, 0.5) is 5.69 Å². The maximum Gasteiger partial charge on any atom is 0.331 e. The SMILES string of the molecule is Cc1ccccc1NC(C(=O)O)c1cncs1. The minimum atomic E-state index is -0.905. The van der Waals surface area contributed by atoms with Crippen molar-refractivity contribution in [1.29, 1.82) is 0 Å². The lowest BCUT2D eigenvalue weighted by Crippen LogP contribution is -2.19. The molecule has 17 heavy (non-hydrogen) atoms. The average Bonchev–Trinajstić information content (AvgIpc) is 2.81. The number of nitrogens with one attached hydrogen (secondary N) is 1. The second-order valence-electron chi connectivity index (χ2n) is 3.63. The van der Waals surface area contributed by atoms with Crippen molar-refractivity contribution >= 4 is 23.0 Å². The highest BCUT2D eigenvalue weighted by atomic mass is 32.1. The Labute approximate surface area is 103 Å². The second kappa shape index (κ2) is 4.97. The second-order valence-corrected chi connectivity index (χ2v) is 4.55. The summed E-state index contributed by atoms with van der Waals surface area (Å²) < 4.78 is 0. The minimum Gasteiger partial charge on any atom is -0.479 e. The quantitative estimate of drug-likeness (QED) is 0.873. The van der Waals surface area contributed by atoms with Gasteiger partial charge >= 0.3 is 5.97 Å². The lowest BCUT2D eigenvalue weighted by atomic mass is 10.1. The molecule has 0 aliphatic heterocycles. The molecule has 0 aliphatic carbocycles. The summed E-state index contributed by atoms with van der Waals surface area (Å²) in [6.07, 6.45) is 1.58. The molecule has 2 rings (SSSR count). The van der Waals surface area contributed by atoms with Gasteiger partial charge in [0.1, 0.15) is 0 Å². The van der Waals surface area contributed by atoms with Crippen molar-refractivity contribution in [2.75, 3.05) is 5.32 Å². The molecule has 0 saturated carbocycles. The lowest BCUT2D eigenvalue weighted by Gasteiger charge is -2.15. The Balaban J connectivity index is 2.26. The van der Waals surface area contributed by atoms with Crippen molar-refractivity contribution in [2.45, 2.75) is 13.0 Å². The molecule has 0 saturated heterocycles. The van der Waals surface area contributed by atoms with Gasteiger partial charge in [0.25, 0.3) is 0 Å². The van der Waals surface area contributed by atoms with Crippen molar-refractivity contribution in [3.63, 3.8) is 0 Å². The summed E-state index contributed by atoms with van der Waals surface area (Å²) in [4.78, 5) is 15.8. The average molecular weight is 248 g/mol. The molecule has 4 nitrogen and oxygen atoms in total. The zero-order chi connectivity index (χ0) is 12.3. The number of aliphatic carboxylic acids is 1. The van der Waals surface area contributed by atoms with E-state index >= 15 is 0 Å². The Morgan fingerprint density at radius 3 is 2.82 bits per heavy atom. The Bertz CT molecular complexity index is 511. The number of carbonyl (C=O) groups is 1. The number of aromatic nitrogens is 1. The summed E-state index contributed by atoms with van der Waals surface area (Å²) in [7, 11) is 0. The van der Waals surface area contributed by atoms with Crippen molar-refractivity contribution in [2.24, 2.45) is 0 Å². The number of anilines is 1. The number of benzene rings is 1. The van der Waals surface area contributed by atoms with E-state index in [1.807, 2.05) is 31.2 Å². The van der Waals surface area contributed by atoms with E-state index in [0.29, 0.717) is 4.88 Å². The molecule has 2 aromatic rings. The van der Waals surface area contributed by atoms with E-state index in [2.05, 4.69) is 10.3 Å². The Morgan fingerprint density at radius 2 is 2.24 bits per heavy atom. The molecule has 0 amide bonds. The van der Waals surface area contributed by atoms with Crippen LogP contribution in [-0.4, -0.2) is 16.1 Å². The fourth-order valence-electron chi connectivity index (χ4n) is 1.51. The summed E-state index contributed by atoms with van der Waals surface area (Å²) in [5.41, 5.74) is 3.47. The summed E-state index contributed by atoms with van der Waals surface area (Å²) in [5.74, 6) is -0.905. The Kier molecular flexibility index (Phi) is 3.39. The van der Waals surface area contributed by atoms with E-state index in [1.54, 1.807) is 11.7 Å². The number of carboxylic acid groups (broad SMARTS) is 1. The molecule has 0 aliphatic rings. The van der Waals surface area contributed by atoms with Crippen molar-refractivity contribution in [3.8, 4) is 0 Å². The number of hydrogen-bond donors (Lipinski definition) is 2. The van der Waals surface area contributed by atoms with Gasteiger partial charge in [-0.05, 0) is 18.6 Å². The summed E-state index contributed by atoms with van der Waals surface area (Å²) in [6, 6.07) is 6.85. The predicted octanol–water partition coefficient (Wildman–Crippen LogP) is 2.69. The molecule has 0 spiro atoms. The normalized spacial score (nSPS) is 12.1. The molecular weight excluding hydrogens is 236 g/mol. The highest BCUT2D eigenvalue weighted by Crippen LogP contribution is 2.24. The van der Waals surface area contributed by atoms with Gasteiger partial charge in [-0.3, -0.25) is 4.98 Å². The van der Waals surface area contributed by atoms with Crippen LogP contribution in [0, 0.1) is 6.92 Å². The standard InChI is InChI=1S/C12H12N2O2S/c1-8-4-2-3-5-9(8)14-11(12(15)16)10-6-13-7-17-10/h2-7,11,14H,1H3,(H,15,16). The third-order valence-corrected chi connectivity index (χ3v) is 3.27. The monoisotopic (exact) mass is 248 g/mol. The van der Waals surface area contributed by atoms with E-state index in [1.165, 1.54) is 11.3 Å². The molecular formula is C12H12N2O2S. The molecule has 5 heteroatoms. The van der Waals surface area contributed by atoms with E-state index in [-0.39, 0.29) is 0 Å². The Hall–Kier alpha value is -1.88. The van der Waals surface area contributed by atoms with Crippen LogP contribution in [0.25, 0.3) is 0 Å². The van der Waals surface area contributed by atoms with Gasteiger partial charge in [0.05, 0.1) is 10.4 Å². The van der Waals surface area contributed by atoms with Crippen LogP contribution in [0.15, 0.2) is 36.0 Å². The van der Waals surface area contributed by atoms with E-state index in [9.17, 15) is 9.90 Å². The molecule has 1 heterocycles. The zero-order valence-electron chi connectivity index (χ0n) is 9.25. The maximum absolute atomic E-state index is 11.2. The first-order valence-electron chi connectivity index (χ1n) is 5.12. The van der Waals surface area contributed by atoms with Crippen molar-refractivity contribution < 1.29 is 9.90 Å². The third-order valence-electron chi connectivity index (χ3n) is 2.43. The van der Waals surface area contributed by atoms with Crippen molar-refractivity contribution in [3.05, 3.63) is 46.4 Å². The van der Waals surface area contributed by atoms with Gasteiger partial charge in [-0.25, -0.2) is 4.79 Å². The first-order valence-corrected chi connectivity index (χ1v) is 6.00. The van der Waals surface area contributed by atoms with E-state index < -0.39 is 12.0 Å². The van der Waals surface area contributed by atoms with Crippen LogP contribution in [0.2, 0.25) is 0 Å². The van der Waals surface area contributed by atoms with Crippen LogP contribution in [0.3, 0.4) is 0 Å². The molecule has 2 N–H and O–H groups in total. The number of thiazole rings is 1. The van der Waals surface area contributed by atoms with Crippen LogP contribution in [0.5, 0.6) is 0 Å². The first-order chi connectivity index (χ1) is 8.18. The number of para-hydroxylation sites is 1. The molecule has 88 valence electrons. The maximum atomic E-state index is 11.2. The summed E-state index contributed by atoms with van der Waals surface area (Å²) in [5, 5.41) is 12.2. The van der Waals surface area contributed by atoms with Crippen LogP contribution < -0.4 is 5.32 Å². The fourth-order valence-corrected chi connectivity index (χ4v) is 2.17. The predicted molar refractivity (Wildman–Crippen MR) is 67.3 cm³/mol. The molecule has 0 radical (unpaired) electrons. The summed E-state index contributed by atoms with van der Waals surface area (Å²) in [6.45, 7) is 1.94. The molecule has 1 aromatic heterocycles. The van der Waals surface area contributed by atoms with E-state index in [4.69, 9.17) is 0 Å². The first kappa shape index (κ1) is 11.6. The highest BCUT2D eigenvalue weighted by Gasteiger charge is 2.21. The largest absolute Gasteiger partial charge is 0.479 e. The number of rotatable bonds is 4. The van der Waals surface area contributed by atoms with E-state index in [0.717, 1.165) is 11.3 Å². The molecule has 1 atom stereocenters. The van der Waals surface area contributed by atoms with Gasteiger partial charge in [-0.1, -0.05) is 18.2 Å².